The van der Waals surface area contributed by atoms with E-state index in [-0.39, 0.29) is 23.2 Å². The standard InChI is InChI=1S/C14H10ClN3O2/c15-13-12(5-2-7-17-13)14(19)18-10-3-1-4-11(9-10)20-8-6-16/h1-5,7,9H,8H2,(H,18,19). The highest BCUT2D eigenvalue weighted by Crippen LogP contribution is 2.19. The Morgan fingerprint density at radius 1 is 1.40 bits per heavy atom. The number of nitrogens with zero attached hydrogens (tertiary/aromatic N) is 2. The van der Waals surface area contributed by atoms with Crippen molar-refractivity contribution in [1.29, 1.82) is 5.26 Å². The number of amides is 1. The van der Waals surface area contributed by atoms with E-state index in [4.69, 9.17) is 21.6 Å². The first-order valence-corrected chi connectivity index (χ1v) is 6.10. The van der Waals surface area contributed by atoms with Crippen LogP contribution in [0, 0.1) is 11.3 Å². The van der Waals surface area contributed by atoms with Crippen LogP contribution in [0.25, 0.3) is 0 Å². The van der Waals surface area contributed by atoms with Crippen molar-refractivity contribution in [3.63, 3.8) is 0 Å². The number of ether oxygens (including phenoxy) is 1. The summed E-state index contributed by atoms with van der Waals surface area (Å²) in [6.45, 7) is -0.0498. The summed E-state index contributed by atoms with van der Waals surface area (Å²) in [4.78, 5) is 15.9. The molecule has 6 heteroatoms. The Bertz CT molecular complexity index is 667. The second-order valence-corrected chi connectivity index (χ2v) is 4.13. The van der Waals surface area contributed by atoms with Crippen LogP contribution in [0.1, 0.15) is 10.4 Å². The van der Waals surface area contributed by atoms with Gasteiger partial charge in [-0.15, -0.1) is 0 Å². The number of hydrogen-bond acceptors (Lipinski definition) is 4. The van der Waals surface area contributed by atoms with Gasteiger partial charge in [0.1, 0.15) is 17.0 Å². The van der Waals surface area contributed by atoms with Crippen LogP contribution in [0.3, 0.4) is 0 Å². The first-order valence-electron chi connectivity index (χ1n) is 5.72. The summed E-state index contributed by atoms with van der Waals surface area (Å²) in [5, 5.41) is 11.3. The first-order chi connectivity index (χ1) is 9.70. The molecule has 0 fully saturated rings. The van der Waals surface area contributed by atoms with Crippen LogP contribution in [-0.4, -0.2) is 17.5 Å². The van der Waals surface area contributed by atoms with Gasteiger partial charge in [-0.3, -0.25) is 4.79 Å². The quantitative estimate of drug-likeness (QED) is 0.877. The Morgan fingerprint density at radius 2 is 2.25 bits per heavy atom. The number of nitrogens with one attached hydrogen (secondary N) is 1. The van der Waals surface area contributed by atoms with Gasteiger partial charge < -0.3 is 10.1 Å². The summed E-state index contributed by atoms with van der Waals surface area (Å²) in [5.41, 5.74) is 0.836. The molecule has 1 N–H and O–H groups in total. The van der Waals surface area contributed by atoms with Crippen molar-refractivity contribution in [1.82, 2.24) is 4.98 Å². The SMILES string of the molecule is N#CCOc1cccc(NC(=O)c2cccnc2Cl)c1. The Hall–Kier alpha value is -2.58. The second kappa shape index (κ2) is 6.55. The Labute approximate surface area is 120 Å². The van der Waals surface area contributed by atoms with Crippen molar-refractivity contribution in [2.24, 2.45) is 0 Å². The predicted octanol–water partition coefficient (Wildman–Crippen LogP) is 2.89. The summed E-state index contributed by atoms with van der Waals surface area (Å²) in [5.74, 6) is 0.141. The van der Waals surface area contributed by atoms with Crippen LogP contribution in [0.5, 0.6) is 5.75 Å². The van der Waals surface area contributed by atoms with Gasteiger partial charge in [0.2, 0.25) is 0 Å². The van der Waals surface area contributed by atoms with E-state index in [1.54, 1.807) is 36.4 Å². The average molecular weight is 288 g/mol. The van der Waals surface area contributed by atoms with E-state index in [9.17, 15) is 4.79 Å². The van der Waals surface area contributed by atoms with Crippen molar-refractivity contribution in [2.75, 3.05) is 11.9 Å². The normalized spacial score (nSPS) is 9.60. The molecule has 2 rings (SSSR count). The van der Waals surface area contributed by atoms with Crippen LogP contribution >= 0.6 is 11.6 Å². The fourth-order valence-corrected chi connectivity index (χ4v) is 1.74. The molecule has 0 aliphatic carbocycles. The zero-order valence-corrected chi connectivity index (χ0v) is 11.1. The third kappa shape index (κ3) is 3.46. The molecule has 1 amide bonds. The molecule has 1 aromatic heterocycles. The number of hydrogen-bond donors (Lipinski definition) is 1. The second-order valence-electron chi connectivity index (χ2n) is 3.77. The first kappa shape index (κ1) is 13.8. The molecular weight excluding hydrogens is 278 g/mol. The van der Waals surface area contributed by atoms with Gasteiger partial charge in [-0.05, 0) is 24.3 Å². The van der Waals surface area contributed by atoms with Gasteiger partial charge in [0, 0.05) is 18.0 Å². The molecule has 0 saturated carbocycles. The van der Waals surface area contributed by atoms with Crippen LogP contribution < -0.4 is 10.1 Å². The highest BCUT2D eigenvalue weighted by molar-refractivity contribution is 6.33. The van der Waals surface area contributed by atoms with Crippen molar-refractivity contribution >= 4 is 23.2 Å². The fourth-order valence-electron chi connectivity index (χ4n) is 1.53. The summed E-state index contributed by atoms with van der Waals surface area (Å²) in [6.07, 6.45) is 1.51. The van der Waals surface area contributed by atoms with E-state index in [1.165, 1.54) is 6.20 Å². The van der Waals surface area contributed by atoms with Crippen LogP contribution in [0.4, 0.5) is 5.69 Å². The maximum Gasteiger partial charge on any atom is 0.258 e. The smallest absolute Gasteiger partial charge is 0.258 e. The summed E-state index contributed by atoms with van der Waals surface area (Å²) >= 11 is 5.85. The largest absolute Gasteiger partial charge is 0.479 e. The maximum absolute atomic E-state index is 12.0. The molecule has 0 aliphatic heterocycles. The molecule has 0 spiro atoms. The number of nitriles is 1. The molecule has 0 bridgehead atoms. The lowest BCUT2D eigenvalue weighted by molar-refractivity contribution is 0.102. The Morgan fingerprint density at radius 3 is 3.00 bits per heavy atom. The van der Waals surface area contributed by atoms with Crippen molar-refractivity contribution in [3.8, 4) is 11.8 Å². The molecule has 0 saturated heterocycles. The molecule has 20 heavy (non-hydrogen) atoms. The van der Waals surface area contributed by atoms with E-state index >= 15 is 0 Å². The monoisotopic (exact) mass is 287 g/mol. The third-order valence-electron chi connectivity index (χ3n) is 2.40. The van der Waals surface area contributed by atoms with E-state index in [2.05, 4.69) is 10.3 Å². The van der Waals surface area contributed by atoms with Gasteiger partial charge >= 0.3 is 0 Å². The topological polar surface area (TPSA) is 75.0 Å². The molecule has 0 unspecified atom stereocenters. The zero-order valence-electron chi connectivity index (χ0n) is 10.3. The molecule has 1 heterocycles. The maximum atomic E-state index is 12.0. The Balaban J connectivity index is 2.12. The van der Waals surface area contributed by atoms with E-state index < -0.39 is 0 Å². The van der Waals surface area contributed by atoms with Gasteiger partial charge in [0.05, 0.1) is 5.56 Å². The summed E-state index contributed by atoms with van der Waals surface area (Å²) in [6, 6.07) is 11.8. The Kier molecular flexibility index (Phi) is 4.53. The number of benzene rings is 1. The van der Waals surface area contributed by atoms with Crippen molar-refractivity contribution in [3.05, 3.63) is 53.3 Å². The minimum absolute atomic E-state index is 0.0498. The molecular formula is C14H10ClN3O2. The van der Waals surface area contributed by atoms with Gasteiger partial charge in [-0.25, -0.2) is 4.98 Å². The van der Waals surface area contributed by atoms with E-state index in [1.807, 2.05) is 6.07 Å². The molecule has 0 radical (unpaired) electrons. The van der Waals surface area contributed by atoms with Crippen LogP contribution in [0.15, 0.2) is 42.6 Å². The summed E-state index contributed by atoms with van der Waals surface area (Å²) in [7, 11) is 0. The number of pyridine rings is 1. The van der Waals surface area contributed by atoms with Gasteiger partial charge in [0.25, 0.3) is 5.91 Å². The van der Waals surface area contributed by atoms with E-state index in [0.29, 0.717) is 11.4 Å². The van der Waals surface area contributed by atoms with Crippen molar-refractivity contribution < 1.29 is 9.53 Å². The zero-order chi connectivity index (χ0) is 14.4. The van der Waals surface area contributed by atoms with Gasteiger partial charge in [-0.1, -0.05) is 17.7 Å². The molecule has 0 aliphatic rings. The average Bonchev–Trinajstić information content (AvgIpc) is 2.46. The lowest BCUT2D eigenvalue weighted by atomic mass is 10.2. The van der Waals surface area contributed by atoms with E-state index in [0.717, 1.165) is 0 Å². The predicted molar refractivity (Wildman–Crippen MR) is 74.8 cm³/mol. The van der Waals surface area contributed by atoms with Crippen LogP contribution in [0.2, 0.25) is 5.15 Å². The number of halogens is 1. The third-order valence-corrected chi connectivity index (χ3v) is 2.70. The lowest BCUT2D eigenvalue weighted by Crippen LogP contribution is -2.12. The lowest BCUT2D eigenvalue weighted by Gasteiger charge is -2.08. The minimum Gasteiger partial charge on any atom is -0.479 e. The number of carbonyl (C=O) groups excluding carboxylic acids is 1. The minimum atomic E-state index is -0.361. The van der Waals surface area contributed by atoms with Crippen LogP contribution in [-0.2, 0) is 0 Å². The highest BCUT2D eigenvalue weighted by Gasteiger charge is 2.11. The highest BCUT2D eigenvalue weighted by atomic mass is 35.5. The fraction of sp³-hybridized carbons (Fsp3) is 0.0714. The molecule has 2 aromatic rings. The molecule has 5 nitrogen and oxygen atoms in total. The molecule has 100 valence electrons. The van der Waals surface area contributed by atoms with Gasteiger partial charge in [0.15, 0.2) is 6.61 Å². The number of carbonyl (C=O) groups is 1. The molecule has 0 atom stereocenters. The number of anilines is 1. The number of rotatable bonds is 4. The summed E-state index contributed by atoms with van der Waals surface area (Å²) < 4.78 is 5.16. The molecule has 1 aromatic carbocycles. The number of aromatic nitrogens is 1. The van der Waals surface area contributed by atoms with Crippen molar-refractivity contribution in [2.45, 2.75) is 0 Å². The van der Waals surface area contributed by atoms with Gasteiger partial charge in [-0.2, -0.15) is 5.26 Å².